The quantitative estimate of drug-likeness (QED) is 0.390. The summed E-state index contributed by atoms with van der Waals surface area (Å²) in [6.07, 6.45) is 3.86. The molecule has 28 heavy (non-hydrogen) atoms. The van der Waals surface area contributed by atoms with E-state index in [0.717, 1.165) is 45.1 Å². The van der Waals surface area contributed by atoms with Gasteiger partial charge in [0.15, 0.2) is 5.96 Å². The summed E-state index contributed by atoms with van der Waals surface area (Å²) in [7, 11) is 1.88. The Bertz CT molecular complexity index is 658. The molecule has 0 aromatic heterocycles. The fraction of sp³-hybridized carbons (Fsp3) is 0.682. The molecule has 1 aliphatic carbocycles. The number of nitrogens with one attached hydrogen (secondary N) is 1. The molecule has 2 heterocycles. The Morgan fingerprint density at radius 1 is 1.14 bits per heavy atom. The number of nitrogens with zero attached hydrogens (tertiary/aromatic N) is 2. The minimum atomic E-state index is 0. The first-order valence-corrected chi connectivity index (χ1v) is 10.5. The number of rotatable bonds is 4. The van der Waals surface area contributed by atoms with Gasteiger partial charge in [0.2, 0.25) is 0 Å². The Labute approximate surface area is 186 Å². The van der Waals surface area contributed by atoms with Crippen LogP contribution in [0.5, 0.6) is 0 Å². The molecule has 4 rings (SSSR count). The maximum atomic E-state index is 5.98. The summed E-state index contributed by atoms with van der Waals surface area (Å²) in [6, 6.07) is 9.63. The molecule has 1 aromatic rings. The van der Waals surface area contributed by atoms with Crippen molar-refractivity contribution in [2.45, 2.75) is 63.2 Å². The Hall–Kier alpha value is -0.860. The number of hydrogen-bond acceptors (Lipinski definition) is 3. The fourth-order valence-corrected chi connectivity index (χ4v) is 4.30. The molecule has 4 unspecified atom stereocenters. The lowest BCUT2D eigenvalue weighted by Gasteiger charge is -2.37. The number of hydrogen-bond donors (Lipinski definition) is 1. The van der Waals surface area contributed by atoms with Crippen LogP contribution in [0.15, 0.2) is 29.3 Å². The highest BCUT2D eigenvalue weighted by Crippen LogP contribution is 2.41. The monoisotopic (exact) mass is 499 g/mol. The number of morpholine rings is 1. The zero-order valence-corrected chi connectivity index (χ0v) is 19.6. The Morgan fingerprint density at radius 3 is 2.54 bits per heavy atom. The summed E-state index contributed by atoms with van der Waals surface area (Å²) < 4.78 is 11.8. The molecular formula is C22H34IN3O2. The summed E-state index contributed by atoms with van der Waals surface area (Å²) in [5.41, 5.74) is 2.85. The van der Waals surface area contributed by atoms with Gasteiger partial charge in [-0.05, 0) is 36.3 Å². The van der Waals surface area contributed by atoms with Crippen LogP contribution < -0.4 is 5.32 Å². The highest BCUT2D eigenvalue weighted by atomic mass is 127. The van der Waals surface area contributed by atoms with Crippen molar-refractivity contribution in [3.63, 3.8) is 0 Å². The van der Waals surface area contributed by atoms with E-state index in [9.17, 15) is 0 Å². The highest BCUT2D eigenvalue weighted by Gasteiger charge is 2.40. The van der Waals surface area contributed by atoms with Crippen LogP contribution >= 0.6 is 24.0 Å². The highest BCUT2D eigenvalue weighted by molar-refractivity contribution is 14.0. The van der Waals surface area contributed by atoms with Crippen molar-refractivity contribution in [2.75, 3.05) is 33.4 Å². The van der Waals surface area contributed by atoms with E-state index in [0.29, 0.717) is 17.9 Å². The maximum absolute atomic E-state index is 5.98. The van der Waals surface area contributed by atoms with Gasteiger partial charge in [-0.1, -0.05) is 38.1 Å². The van der Waals surface area contributed by atoms with Gasteiger partial charge < -0.3 is 19.7 Å². The molecule has 0 bridgehead atoms. The predicted octanol–water partition coefficient (Wildman–Crippen LogP) is 3.74. The second kappa shape index (κ2) is 9.76. The van der Waals surface area contributed by atoms with Crippen molar-refractivity contribution in [2.24, 2.45) is 4.99 Å². The third-order valence-corrected chi connectivity index (χ3v) is 6.12. The maximum Gasteiger partial charge on any atom is 0.194 e. The average molecular weight is 499 g/mol. The van der Waals surface area contributed by atoms with Gasteiger partial charge in [-0.25, -0.2) is 0 Å². The minimum absolute atomic E-state index is 0. The number of halogens is 1. The number of aliphatic imine (C=N–C) groups is 1. The lowest BCUT2D eigenvalue weighted by atomic mass is 10.0. The van der Waals surface area contributed by atoms with E-state index in [-0.39, 0.29) is 36.2 Å². The second-order valence-electron chi connectivity index (χ2n) is 8.37. The van der Waals surface area contributed by atoms with Crippen LogP contribution in [0, 0.1) is 0 Å². The van der Waals surface area contributed by atoms with E-state index < -0.39 is 0 Å². The summed E-state index contributed by atoms with van der Waals surface area (Å²) >= 11 is 0. The third-order valence-electron chi connectivity index (χ3n) is 6.12. The molecule has 0 spiro atoms. The average Bonchev–Trinajstić information content (AvgIpc) is 3.24. The van der Waals surface area contributed by atoms with E-state index in [1.807, 2.05) is 7.05 Å². The standard InChI is InChI=1S/C22H33N3O2.HI/c1-15(2)16-6-8-17(9-7-16)18-13-19(18)24-22(23-3)25-10-12-27-21(14-25)20-5-4-11-26-20;/h6-9,15,18-21H,4-5,10-14H2,1-3H3,(H,23,24);1H. The van der Waals surface area contributed by atoms with Gasteiger partial charge in [0.1, 0.15) is 6.10 Å². The minimum Gasteiger partial charge on any atom is -0.375 e. The predicted molar refractivity (Wildman–Crippen MR) is 124 cm³/mol. The van der Waals surface area contributed by atoms with Crippen molar-refractivity contribution in [1.29, 1.82) is 0 Å². The van der Waals surface area contributed by atoms with Crippen LogP contribution in [-0.2, 0) is 9.47 Å². The van der Waals surface area contributed by atoms with Crippen molar-refractivity contribution >= 4 is 29.9 Å². The Kier molecular flexibility index (Phi) is 7.61. The molecular weight excluding hydrogens is 465 g/mol. The van der Waals surface area contributed by atoms with Crippen molar-refractivity contribution < 1.29 is 9.47 Å². The van der Waals surface area contributed by atoms with Crippen LogP contribution in [0.3, 0.4) is 0 Å². The largest absolute Gasteiger partial charge is 0.375 e. The van der Waals surface area contributed by atoms with Gasteiger partial charge in [0.05, 0.1) is 12.7 Å². The first-order valence-electron chi connectivity index (χ1n) is 10.5. The molecule has 1 N–H and O–H groups in total. The van der Waals surface area contributed by atoms with Crippen LogP contribution in [0.2, 0.25) is 0 Å². The fourth-order valence-electron chi connectivity index (χ4n) is 4.30. The summed E-state index contributed by atoms with van der Waals surface area (Å²) in [5, 5.41) is 3.69. The molecule has 156 valence electrons. The SMILES string of the molecule is CN=C(NC1CC1c1ccc(C(C)C)cc1)N1CCOC(C2CCCO2)C1.I. The van der Waals surface area contributed by atoms with Crippen LogP contribution in [0.4, 0.5) is 0 Å². The van der Waals surface area contributed by atoms with Gasteiger partial charge >= 0.3 is 0 Å². The van der Waals surface area contributed by atoms with Crippen LogP contribution in [0.1, 0.15) is 56.1 Å². The van der Waals surface area contributed by atoms with E-state index in [2.05, 4.69) is 53.3 Å². The van der Waals surface area contributed by atoms with Gasteiger partial charge in [-0.15, -0.1) is 24.0 Å². The van der Waals surface area contributed by atoms with E-state index in [4.69, 9.17) is 9.47 Å². The van der Waals surface area contributed by atoms with Gasteiger partial charge in [-0.3, -0.25) is 4.99 Å². The van der Waals surface area contributed by atoms with E-state index >= 15 is 0 Å². The molecule has 0 amide bonds. The third kappa shape index (κ3) is 5.00. The summed E-state index contributed by atoms with van der Waals surface area (Å²) in [6.45, 7) is 7.86. The zero-order chi connectivity index (χ0) is 18.8. The molecule has 2 saturated heterocycles. The summed E-state index contributed by atoms with van der Waals surface area (Å²) in [4.78, 5) is 6.89. The van der Waals surface area contributed by atoms with E-state index in [1.54, 1.807) is 0 Å². The van der Waals surface area contributed by atoms with E-state index in [1.165, 1.54) is 17.5 Å². The molecule has 0 radical (unpaired) electrons. The molecule has 3 aliphatic rings. The Balaban J connectivity index is 0.00000225. The van der Waals surface area contributed by atoms with Crippen molar-refractivity contribution in [1.82, 2.24) is 10.2 Å². The summed E-state index contributed by atoms with van der Waals surface area (Å²) in [5.74, 6) is 2.19. The molecule has 5 nitrogen and oxygen atoms in total. The number of benzene rings is 1. The zero-order valence-electron chi connectivity index (χ0n) is 17.3. The first kappa shape index (κ1) is 21.8. The molecule has 3 fully saturated rings. The molecule has 2 aliphatic heterocycles. The number of guanidine groups is 1. The van der Waals surface area contributed by atoms with Gasteiger partial charge in [0.25, 0.3) is 0 Å². The van der Waals surface area contributed by atoms with Crippen LogP contribution in [0.25, 0.3) is 0 Å². The van der Waals surface area contributed by atoms with Crippen LogP contribution in [-0.4, -0.2) is 62.5 Å². The normalized spacial score (nSPS) is 30.3. The first-order chi connectivity index (χ1) is 13.2. The lowest BCUT2D eigenvalue weighted by Crippen LogP contribution is -2.53. The van der Waals surface area contributed by atoms with Gasteiger partial charge in [-0.2, -0.15) is 0 Å². The Morgan fingerprint density at radius 2 is 1.89 bits per heavy atom. The number of ether oxygens (including phenoxy) is 2. The molecule has 1 aromatic carbocycles. The molecule has 1 saturated carbocycles. The lowest BCUT2D eigenvalue weighted by molar-refractivity contribution is -0.0817. The topological polar surface area (TPSA) is 46.1 Å². The van der Waals surface area contributed by atoms with Crippen molar-refractivity contribution in [3.05, 3.63) is 35.4 Å². The smallest absolute Gasteiger partial charge is 0.194 e. The van der Waals surface area contributed by atoms with Gasteiger partial charge in [0, 0.05) is 38.7 Å². The second-order valence-corrected chi connectivity index (χ2v) is 8.37. The van der Waals surface area contributed by atoms with Crippen molar-refractivity contribution in [3.8, 4) is 0 Å². The molecule has 4 atom stereocenters. The molecule has 6 heteroatoms.